The predicted octanol–water partition coefficient (Wildman–Crippen LogP) is 2.99. The number of nitrogens with one attached hydrogen (secondary N) is 1. The summed E-state index contributed by atoms with van der Waals surface area (Å²) < 4.78 is 5.03. The molecule has 0 bridgehead atoms. The second kappa shape index (κ2) is 7.88. The lowest BCUT2D eigenvalue weighted by atomic mass is 9.98. The van der Waals surface area contributed by atoms with E-state index in [2.05, 4.69) is 31.3 Å². The van der Waals surface area contributed by atoms with Gasteiger partial charge in [0.05, 0.1) is 13.0 Å². The largest absolute Gasteiger partial charge is 0.466 e. The third-order valence-electron chi connectivity index (χ3n) is 2.88. The fourth-order valence-electron chi connectivity index (χ4n) is 1.97. The smallest absolute Gasteiger partial charge is 0.307 e. The standard InChI is InChI=1S/C15H23NO2/c1-4-10-16-14(11-15(17)18-5-2)13-9-7-6-8-12(13)3/h6-9,14,16H,4-5,10-11H2,1-3H3. The van der Waals surface area contributed by atoms with Crippen molar-refractivity contribution in [3.8, 4) is 0 Å². The van der Waals surface area contributed by atoms with E-state index < -0.39 is 0 Å². The molecule has 3 heteroatoms. The van der Waals surface area contributed by atoms with Crippen molar-refractivity contribution in [2.24, 2.45) is 0 Å². The number of rotatable bonds is 7. The number of hydrogen-bond donors (Lipinski definition) is 1. The van der Waals surface area contributed by atoms with Crippen molar-refractivity contribution in [2.75, 3.05) is 13.2 Å². The van der Waals surface area contributed by atoms with Crippen molar-refractivity contribution < 1.29 is 9.53 Å². The van der Waals surface area contributed by atoms with E-state index in [0.717, 1.165) is 13.0 Å². The van der Waals surface area contributed by atoms with Gasteiger partial charge in [0.2, 0.25) is 0 Å². The lowest BCUT2D eigenvalue weighted by Crippen LogP contribution is -2.26. The Morgan fingerprint density at radius 1 is 1.33 bits per heavy atom. The minimum absolute atomic E-state index is 0.0465. The normalized spacial score (nSPS) is 12.2. The molecule has 1 aromatic rings. The Balaban J connectivity index is 2.77. The van der Waals surface area contributed by atoms with Crippen molar-refractivity contribution >= 4 is 5.97 Å². The van der Waals surface area contributed by atoms with Crippen molar-refractivity contribution in [1.29, 1.82) is 0 Å². The fraction of sp³-hybridized carbons (Fsp3) is 0.533. The molecule has 0 spiro atoms. The van der Waals surface area contributed by atoms with Crippen LogP contribution in [0.2, 0.25) is 0 Å². The van der Waals surface area contributed by atoms with Gasteiger partial charge in [-0.25, -0.2) is 0 Å². The summed E-state index contributed by atoms with van der Waals surface area (Å²) in [5.41, 5.74) is 2.38. The molecule has 1 atom stereocenters. The van der Waals surface area contributed by atoms with Crippen LogP contribution in [0.25, 0.3) is 0 Å². The quantitative estimate of drug-likeness (QED) is 0.755. The zero-order valence-corrected chi connectivity index (χ0v) is 11.5. The Labute approximate surface area is 110 Å². The Bertz CT molecular complexity index is 377. The Morgan fingerprint density at radius 2 is 2.06 bits per heavy atom. The molecule has 3 nitrogen and oxygen atoms in total. The average molecular weight is 249 g/mol. The van der Waals surface area contributed by atoms with Crippen LogP contribution < -0.4 is 5.32 Å². The van der Waals surface area contributed by atoms with Crippen LogP contribution in [-0.4, -0.2) is 19.1 Å². The molecule has 18 heavy (non-hydrogen) atoms. The summed E-state index contributed by atoms with van der Waals surface area (Å²) >= 11 is 0. The highest BCUT2D eigenvalue weighted by Gasteiger charge is 2.17. The molecule has 0 radical (unpaired) electrons. The summed E-state index contributed by atoms with van der Waals surface area (Å²) in [5, 5.41) is 3.42. The number of hydrogen-bond acceptors (Lipinski definition) is 3. The second-order valence-corrected chi connectivity index (χ2v) is 4.37. The number of benzene rings is 1. The highest BCUT2D eigenvalue weighted by Crippen LogP contribution is 2.21. The molecule has 1 aromatic carbocycles. The molecule has 0 saturated heterocycles. The van der Waals surface area contributed by atoms with Gasteiger partial charge in [-0.05, 0) is 37.9 Å². The lowest BCUT2D eigenvalue weighted by molar-refractivity contribution is -0.143. The molecule has 0 aliphatic carbocycles. The van der Waals surface area contributed by atoms with E-state index >= 15 is 0 Å². The summed E-state index contributed by atoms with van der Waals surface area (Å²) in [4.78, 5) is 11.6. The number of carbonyl (C=O) groups is 1. The summed E-state index contributed by atoms with van der Waals surface area (Å²) in [6.45, 7) is 7.36. The molecule has 0 heterocycles. The van der Waals surface area contributed by atoms with Crippen LogP contribution in [0.5, 0.6) is 0 Å². The first-order chi connectivity index (χ1) is 8.69. The molecule has 0 aliphatic rings. The molecular weight excluding hydrogens is 226 g/mol. The molecule has 0 saturated carbocycles. The van der Waals surface area contributed by atoms with E-state index in [1.54, 1.807) is 0 Å². The van der Waals surface area contributed by atoms with Gasteiger partial charge in [-0.1, -0.05) is 31.2 Å². The van der Waals surface area contributed by atoms with Crippen LogP contribution in [0, 0.1) is 6.92 Å². The van der Waals surface area contributed by atoms with E-state index in [4.69, 9.17) is 4.74 Å². The van der Waals surface area contributed by atoms with Crippen LogP contribution in [0.3, 0.4) is 0 Å². The Kier molecular flexibility index (Phi) is 6.44. The SMILES string of the molecule is CCCNC(CC(=O)OCC)c1ccccc1C. The Hall–Kier alpha value is -1.35. The van der Waals surface area contributed by atoms with Crippen LogP contribution in [0.4, 0.5) is 0 Å². The number of esters is 1. The first-order valence-corrected chi connectivity index (χ1v) is 6.63. The average Bonchev–Trinajstić information content (AvgIpc) is 2.35. The molecule has 1 N–H and O–H groups in total. The van der Waals surface area contributed by atoms with E-state index in [1.807, 2.05) is 19.1 Å². The van der Waals surface area contributed by atoms with Gasteiger partial charge in [0.1, 0.15) is 0 Å². The molecule has 0 aliphatic heterocycles. The third-order valence-corrected chi connectivity index (χ3v) is 2.88. The minimum atomic E-state index is -0.144. The van der Waals surface area contributed by atoms with Gasteiger partial charge >= 0.3 is 5.97 Å². The molecule has 100 valence electrons. The van der Waals surface area contributed by atoms with Gasteiger partial charge in [0.25, 0.3) is 0 Å². The third kappa shape index (κ3) is 4.49. The predicted molar refractivity (Wildman–Crippen MR) is 73.5 cm³/mol. The molecule has 1 unspecified atom stereocenters. The van der Waals surface area contributed by atoms with Gasteiger partial charge in [0.15, 0.2) is 0 Å². The number of carbonyl (C=O) groups excluding carboxylic acids is 1. The second-order valence-electron chi connectivity index (χ2n) is 4.37. The topological polar surface area (TPSA) is 38.3 Å². The van der Waals surface area contributed by atoms with Crippen LogP contribution in [0.1, 0.15) is 43.9 Å². The highest BCUT2D eigenvalue weighted by molar-refractivity contribution is 5.70. The summed E-state index contributed by atoms with van der Waals surface area (Å²) in [7, 11) is 0. The molecule has 0 fully saturated rings. The van der Waals surface area contributed by atoms with Crippen LogP contribution >= 0.6 is 0 Å². The van der Waals surface area contributed by atoms with Gasteiger partial charge < -0.3 is 10.1 Å². The monoisotopic (exact) mass is 249 g/mol. The number of ether oxygens (including phenoxy) is 1. The summed E-state index contributed by atoms with van der Waals surface area (Å²) in [5.74, 6) is -0.144. The van der Waals surface area contributed by atoms with Crippen molar-refractivity contribution in [1.82, 2.24) is 5.32 Å². The molecule has 0 amide bonds. The van der Waals surface area contributed by atoms with Crippen molar-refractivity contribution in [3.63, 3.8) is 0 Å². The first kappa shape index (κ1) is 14.7. The van der Waals surface area contributed by atoms with E-state index in [-0.39, 0.29) is 12.0 Å². The van der Waals surface area contributed by atoms with Crippen LogP contribution in [-0.2, 0) is 9.53 Å². The fourth-order valence-corrected chi connectivity index (χ4v) is 1.97. The molecule has 0 aromatic heterocycles. The minimum Gasteiger partial charge on any atom is -0.466 e. The van der Waals surface area contributed by atoms with E-state index in [0.29, 0.717) is 13.0 Å². The zero-order valence-electron chi connectivity index (χ0n) is 11.5. The summed E-state index contributed by atoms with van der Waals surface area (Å²) in [6, 6.07) is 8.21. The first-order valence-electron chi connectivity index (χ1n) is 6.63. The maximum atomic E-state index is 11.6. The zero-order chi connectivity index (χ0) is 13.4. The van der Waals surface area contributed by atoms with Crippen LogP contribution in [0.15, 0.2) is 24.3 Å². The number of aryl methyl sites for hydroxylation is 1. The highest BCUT2D eigenvalue weighted by atomic mass is 16.5. The maximum absolute atomic E-state index is 11.6. The molecular formula is C15H23NO2. The van der Waals surface area contributed by atoms with Gasteiger partial charge in [-0.2, -0.15) is 0 Å². The van der Waals surface area contributed by atoms with Gasteiger partial charge in [0, 0.05) is 6.04 Å². The van der Waals surface area contributed by atoms with E-state index in [1.165, 1.54) is 11.1 Å². The Morgan fingerprint density at radius 3 is 2.67 bits per heavy atom. The van der Waals surface area contributed by atoms with Crippen molar-refractivity contribution in [2.45, 2.75) is 39.7 Å². The van der Waals surface area contributed by atoms with Crippen molar-refractivity contribution in [3.05, 3.63) is 35.4 Å². The summed E-state index contributed by atoms with van der Waals surface area (Å²) in [6.07, 6.45) is 1.43. The van der Waals surface area contributed by atoms with Gasteiger partial charge in [-0.15, -0.1) is 0 Å². The lowest BCUT2D eigenvalue weighted by Gasteiger charge is -2.20. The van der Waals surface area contributed by atoms with Gasteiger partial charge in [-0.3, -0.25) is 4.79 Å². The maximum Gasteiger partial charge on any atom is 0.307 e. The van der Waals surface area contributed by atoms with E-state index in [9.17, 15) is 4.79 Å². The molecule has 1 rings (SSSR count).